The van der Waals surface area contributed by atoms with Crippen molar-refractivity contribution in [2.45, 2.75) is 348 Å². The Labute approximate surface area is 501 Å². The van der Waals surface area contributed by atoms with Crippen molar-refractivity contribution in [2.24, 2.45) is 54.1 Å². The first-order valence-corrected chi connectivity index (χ1v) is 30.8. The molecule has 484 valence electrons. The normalized spacial score (nSPS) is 18.2. The number of hydrogen-bond donors (Lipinski definition) is 0. The van der Waals surface area contributed by atoms with E-state index in [-0.39, 0.29) is 89.7 Å². The van der Waals surface area contributed by atoms with Crippen LogP contribution < -0.4 is 0 Å². The highest BCUT2D eigenvalue weighted by atomic mass is 16.7. The van der Waals surface area contributed by atoms with Crippen LogP contribution in [0.15, 0.2) is 0 Å². The minimum absolute atomic E-state index is 0.182. The molecule has 0 aliphatic carbocycles. The maximum Gasteiger partial charge on any atom is 0.314 e. The molecular weight excluding hydrogens is 1040 g/mol. The van der Waals surface area contributed by atoms with Crippen LogP contribution in [0.1, 0.15) is 286 Å². The third kappa shape index (κ3) is 31.5. The lowest BCUT2D eigenvalue weighted by molar-refractivity contribution is -0.216. The van der Waals surface area contributed by atoms with Gasteiger partial charge in [-0.25, -0.2) is 0 Å². The highest BCUT2D eigenvalue weighted by Crippen LogP contribution is 2.53. The van der Waals surface area contributed by atoms with Gasteiger partial charge in [0.2, 0.25) is 31.5 Å². The predicted octanol–water partition coefficient (Wildman–Crippen LogP) is 16.7. The van der Waals surface area contributed by atoms with Gasteiger partial charge in [0.05, 0.1) is 57.6 Å². The summed E-state index contributed by atoms with van der Waals surface area (Å²) in [5.74, 6) is -3.47. The van der Waals surface area contributed by atoms with E-state index in [4.69, 9.17) is 47.4 Å². The molecule has 9 unspecified atom stereocenters. The lowest BCUT2D eigenvalue weighted by Gasteiger charge is -2.45. The van der Waals surface area contributed by atoms with Gasteiger partial charge in [0.25, 0.3) is 0 Å². The molecule has 0 fully saturated rings. The van der Waals surface area contributed by atoms with E-state index in [1.165, 1.54) is 0 Å². The maximum atomic E-state index is 16.0. The molecule has 82 heavy (non-hydrogen) atoms. The number of esters is 5. The van der Waals surface area contributed by atoms with Gasteiger partial charge in [-0.15, -0.1) is 0 Å². The van der Waals surface area contributed by atoms with Crippen molar-refractivity contribution in [3.05, 3.63) is 0 Å². The number of ether oxygens (including phenoxy) is 10. The topological polar surface area (TPSA) is 178 Å². The van der Waals surface area contributed by atoms with Crippen LogP contribution >= 0.6 is 0 Å². The monoisotopic (exact) mass is 1170 g/mol. The Kier molecular flexibility index (Phi) is 30.1. The molecule has 15 heteroatoms. The zero-order chi connectivity index (χ0) is 64.8. The molecule has 0 amide bonds. The summed E-state index contributed by atoms with van der Waals surface area (Å²) < 4.78 is 63.5. The molecule has 0 saturated carbocycles. The molecule has 0 aliphatic heterocycles. The van der Waals surface area contributed by atoms with Crippen molar-refractivity contribution in [3.8, 4) is 0 Å². The molecule has 0 N–H and O–H groups in total. The minimum atomic E-state index is -1.82. The van der Waals surface area contributed by atoms with Crippen LogP contribution in [0.3, 0.4) is 0 Å². The fourth-order valence-electron chi connectivity index (χ4n) is 10.5. The van der Waals surface area contributed by atoms with E-state index in [1.807, 2.05) is 180 Å². The molecule has 0 spiro atoms. The molecule has 0 rings (SSSR count). The van der Waals surface area contributed by atoms with Gasteiger partial charge in [-0.2, -0.15) is 0 Å². The zero-order valence-electron chi connectivity index (χ0n) is 58.5. The second-order valence-electron chi connectivity index (χ2n) is 33.1. The fraction of sp³-hybridized carbons (Fsp3) is 0.925. The van der Waals surface area contributed by atoms with Gasteiger partial charge in [-0.1, -0.05) is 111 Å². The second-order valence-corrected chi connectivity index (χ2v) is 33.1. The van der Waals surface area contributed by atoms with Crippen molar-refractivity contribution >= 4 is 29.8 Å². The van der Waals surface area contributed by atoms with E-state index in [0.29, 0.717) is 32.1 Å². The molecule has 9 atom stereocenters. The first-order chi connectivity index (χ1) is 36.5. The van der Waals surface area contributed by atoms with Gasteiger partial charge in [0.15, 0.2) is 0 Å². The Morgan fingerprint density at radius 1 is 0.268 bits per heavy atom. The van der Waals surface area contributed by atoms with Crippen LogP contribution in [0.4, 0.5) is 0 Å². The third-order valence-electron chi connectivity index (χ3n) is 13.7. The van der Waals surface area contributed by atoms with Gasteiger partial charge in [0, 0.05) is 32.1 Å². The quantitative estimate of drug-likeness (QED) is 0.0337. The summed E-state index contributed by atoms with van der Waals surface area (Å²) in [5.41, 5.74) is -9.76. The van der Waals surface area contributed by atoms with Gasteiger partial charge in [0.1, 0.15) is 0 Å². The number of carbonyl (C=O) groups excluding carboxylic acids is 5. The molecule has 0 aromatic rings. The lowest BCUT2D eigenvalue weighted by atomic mass is 9.59. The van der Waals surface area contributed by atoms with Crippen molar-refractivity contribution in [1.82, 2.24) is 0 Å². The van der Waals surface area contributed by atoms with Crippen LogP contribution in [0.5, 0.6) is 0 Å². The molecule has 0 heterocycles. The van der Waals surface area contributed by atoms with Gasteiger partial charge in [-0.05, 0) is 170 Å². The molecule has 0 radical (unpaired) electrons. The second kappa shape index (κ2) is 31.2. The highest BCUT2D eigenvalue weighted by Gasteiger charge is 2.57. The molecule has 0 aliphatic rings. The van der Waals surface area contributed by atoms with Gasteiger partial charge in [-0.3, -0.25) is 24.0 Å². The molecule has 15 nitrogen and oxygen atoms in total. The zero-order valence-corrected chi connectivity index (χ0v) is 58.5. The van der Waals surface area contributed by atoms with Gasteiger partial charge >= 0.3 is 29.8 Å². The minimum Gasteiger partial charge on any atom is -0.435 e. The Bertz CT molecular complexity index is 1970. The lowest BCUT2D eigenvalue weighted by Crippen LogP contribution is -2.50. The predicted molar refractivity (Wildman–Crippen MR) is 326 cm³/mol. The number of carbonyl (C=O) groups is 5. The van der Waals surface area contributed by atoms with E-state index in [2.05, 4.69) is 0 Å². The smallest absolute Gasteiger partial charge is 0.314 e. The molecule has 0 aromatic carbocycles. The number of hydrogen-bond acceptors (Lipinski definition) is 15. The molecule has 0 aromatic heterocycles. The average molecular weight is 1170 g/mol. The van der Waals surface area contributed by atoms with Crippen LogP contribution in [0.25, 0.3) is 0 Å². The molecular formula is C67H126O15. The summed E-state index contributed by atoms with van der Waals surface area (Å²) in [6.07, 6.45) is -5.60. The van der Waals surface area contributed by atoms with Gasteiger partial charge < -0.3 is 47.4 Å². The summed E-state index contributed by atoms with van der Waals surface area (Å²) in [4.78, 5) is 77.4. The van der Waals surface area contributed by atoms with Crippen molar-refractivity contribution in [3.63, 3.8) is 0 Å². The Hall–Kier alpha value is -2.85. The Balaban J connectivity index is 9.11. The summed E-state index contributed by atoms with van der Waals surface area (Å²) >= 11 is 0. The van der Waals surface area contributed by atoms with E-state index in [9.17, 15) is 4.79 Å². The van der Waals surface area contributed by atoms with Crippen molar-refractivity contribution in [2.75, 3.05) is 0 Å². The van der Waals surface area contributed by atoms with E-state index >= 15 is 19.2 Å². The summed E-state index contributed by atoms with van der Waals surface area (Å²) in [6.45, 7) is 61.0. The Morgan fingerprint density at radius 2 is 0.439 bits per heavy atom. The average Bonchev–Trinajstić information content (AvgIpc) is 3.18. The van der Waals surface area contributed by atoms with Crippen LogP contribution in [0.2, 0.25) is 0 Å². The first-order valence-electron chi connectivity index (χ1n) is 30.8. The van der Waals surface area contributed by atoms with E-state index < -0.39 is 88.4 Å². The first kappa shape index (κ1) is 79.2. The van der Waals surface area contributed by atoms with Crippen molar-refractivity contribution < 1.29 is 71.3 Å². The largest absolute Gasteiger partial charge is 0.435 e. The fourth-order valence-corrected chi connectivity index (χ4v) is 10.5. The van der Waals surface area contributed by atoms with Crippen LogP contribution in [0, 0.1) is 54.1 Å². The van der Waals surface area contributed by atoms with E-state index in [1.54, 1.807) is 41.5 Å². The molecule has 0 saturated heterocycles. The summed E-state index contributed by atoms with van der Waals surface area (Å²) in [5, 5.41) is 0. The third-order valence-corrected chi connectivity index (χ3v) is 13.7. The highest BCUT2D eigenvalue weighted by molar-refractivity contribution is 5.85. The number of rotatable bonds is 34. The summed E-state index contributed by atoms with van der Waals surface area (Å²) in [6, 6.07) is 0. The SMILES string of the molecule is CCC(C)(CC(C)(CC(C)(CC(C)(CC(C)(C)C(=O)OC(CC(C)(C)C)OC(C)C)C(=O)OC(CC(C)(C)C)OC(C)C)C(=O)OC(CC(C)(C)C)OC(C)C)C(=O)OC(CC(C)(C)C)OC(C)C)C(=O)OC(CC(C)(C)C)OC(C)C. The maximum absolute atomic E-state index is 16.0. The van der Waals surface area contributed by atoms with Crippen molar-refractivity contribution in [1.29, 1.82) is 0 Å². The molecule has 0 bridgehead atoms. The summed E-state index contributed by atoms with van der Waals surface area (Å²) in [7, 11) is 0. The Morgan fingerprint density at radius 3 is 0.622 bits per heavy atom. The van der Waals surface area contributed by atoms with E-state index in [0.717, 1.165) is 0 Å². The van der Waals surface area contributed by atoms with Crippen LogP contribution in [-0.2, 0) is 71.3 Å². The van der Waals surface area contributed by atoms with Crippen LogP contribution in [-0.4, -0.2) is 91.8 Å². The standard InChI is InChI=1S/C67H126O15/c1-33-64(29,54(69)79-49(74-44(4)5)35-59(15,16)17)40-66(31,56(71)81-51(76-46(8)9)37-61(21,22)23)42-67(32,57(72)82-52(77-47(10)11)38-62(24,25)26)41-65(30,55(70)80-50(75-45(6)7)36-60(18,19)20)39-63(27,28)53(68)78-48(73-43(2)3)34-58(12,13)14/h43-52H,33-42H2,1-32H3.